The maximum atomic E-state index is 12.0. The minimum atomic E-state index is -0.564. The SMILES string of the molecule is COC1CCC23c4cc5c(cc4C(OC(C)=O)N(CC2OC(C)=O)C3C1)OCO5. The van der Waals surface area contributed by atoms with E-state index in [4.69, 9.17) is 23.7 Å². The Kier molecular flexibility index (Phi) is 4.25. The van der Waals surface area contributed by atoms with Crippen molar-refractivity contribution in [2.45, 2.75) is 63.0 Å². The fourth-order valence-corrected chi connectivity index (χ4v) is 5.77. The molecule has 2 fully saturated rings. The quantitative estimate of drug-likeness (QED) is 0.709. The van der Waals surface area contributed by atoms with Crippen LogP contribution in [0.2, 0.25) is 0 Å². The average Bonchev–Trinajstić information content (AvgIpc) is 3.24. The van der Waals surface area contributed by atoms with Crippen LogP contribution in [0.5, 0.6) is 11.5 Å². The van der Waals surface area contributed by atoms with Gasteiger partial charge in [-0.25, -0.2) is 0 Å². The molecule has 3 aliphatic heterocycles. The molecule has 29 heavy (non-hydrogen) atoms. The first kappa shape index (κ1) is 18.7. The number of ether oxygens (including phenoxy) is 5. The van der Waals surface area contributed by atoms with Crippen LogP contribution in [0.15, 0.2) is 12.1 Å². The van der Waals surface area contributed by atoms with E-state index in [2.05, 4.69) is 4.90 Å². The lowest BCUT2D eigenvalue weighted by molar-refractivity contribution is -0.162. The predicted molar refractivity (Wildman–Crippen MR) is 99.4 cm³/mol. The van der Waals surface area contributed by atoms with Crippen LogP contribution in [0.1, 0.15) is 50.5 Å². The number of esters is 2. The molecule has 1 aromatic rings. The van der Waals surface area contributed by atoms with Gasteiger partial charge < -0.3 is 23.7 Å². The molecule has 0 aromatic heterocycles. The molecule has 1 aromatic carbocycles. The van der Waals surface area contributed by atoms with Crippen LogP contribution < -0.4 is 9.47 Å². The van der Waals surface area contributed by atoms with Gasteiger partial charge in [0.15, 0.2) is 17.7 Å². The molecule has 0 amide bonds. The third kappa shape index (κ3) is 2.65. The lowest BCUT2D eigenvalue weighted by atomic mass is 9.61. The van der Waals surface area contributed by atoms with Gasteiger partial charge in [-0.1, -0.05) is 0 Å². The number of benzene rings is 1. The molecule has 8 heteroatoms. The summed E-state index contributed by atoms with van der Waals surface area (Å²) in [5, 5.41) is 0. The lowest BCUT2D eigenvalue weighted by Crippen LogP contribution is -2.56. The van der Waals surface area contributed by atoms with E-state index in [1.165, 1.54) is 13.8 Å². The minimum Gasteiger partial charge on any atom is -0.460 e. The van der Waals surface area contributed by atoms with Gasteiger partial charge in [-0.15, -0.1) is 0 Å². The largest absolute Gasteiger partial charge is 0.460 e. The van der Waals surface area contributed by atoms with Crippen molar-refractivity contribution in [1.29, 1.82) is 0 Å². The third-order valence-corrected chi connectivity index (χ3v) is 6.84. The van der Waals surface area contributed by atoms with E-state index >= 15 is 0 Å². The predicted octanol–water partition coefficient (Wildman–Crippen LogP) is 2.04. The second-order valence-corrected chi connectivity index (χ2v) is 8.24. The van der Waals surface area contributed by atoms with Crippen molar-refractivity contribution in [2.24, 2.45) is 0 Å². The normalized spacial score (nSPS) is 36.2. The number of rotatable bonds is 3. The number of hydrogen-bond donors (Lipinski definition) is 0. The highest BCUT2D eigenvalue weighted by molar-refractivity contribution is 5.68. The van der Waals surface area contributed by atoms with Crippen molar-refractivity contribution >= 4 is 11.9 Å². The summed E-state index contributed by atoms with van der Waals surface area (Å²) in [6.07, 6.45) is 1.67. The fraction of sp³-hybridized carbons (Fsp3) is 0.619. The molecule has 1 saturated carbocycles. The molecule has 156 valence electrons. The molecule has 0 radical (unpaired) electrons. The number of fused-ring (bicyclic) bond motifs is 2. The number of carbonyl (C=O) groups is 2. The molecule has 6 unspecified atom stereocenters. The van der Waals surface area contributed by atoms with Crippen LogP contribution in [0.4, 0.5) is 0 Å². The van der Waals surface area contributed by atoms with Crippen molar-refractivity contribution in [3.8, 4) is 11.5 Å². The summed E-state index contributed by atoms with van der Waals surface area (Å²) in [6, 6.07) is 3.94. The first-order chi connectivity index (χ1) is 13.9. The Morgan fingerprint density at radius 1 is 1.14 bits per heavy atom. The Hall–Kier alpha value is -2.32. The summed E-state index contributed by atoms with van der Waals surface area (Å²) in [5.74, 6) is 0.651. The van der Waals surface area contributed by atoms with Crippen molar-refractivity contribution in [3.63, 3.8) is 0 Å². The van der Waals surface area contributed by atoms with Crippen LogP contribution in [0.25, 0.3) is 0 Å². The maximum absolute atomic E-state index is 12.0. The number of hydrogen-bond acceptors (Lipinski definition) is 8. The van der Waals surface area contributed by atoms with Gasteiger partial charge in [0.05, 0.1) is 11.5 Å². The van der Waals surface area contributed by atoms with Gasteiger partial charge >= 0.3 is 11.9 Å². The van der Waals surface area contributed by atoms with Crippen molar-refractivity contribution in [3.05, 3.63) is 23.3 Å². The highest BCUT2D eigenvalue weighted by Crippen LogP contribution is 2.59. The molecule has 1 saturated heterocycles. The monoisotopic (exact) mass is 403 g/mol. The summed E-state index contributed by atoms with van der Waals surface area (Å²) < 4.78 is 28.5. The van der Waals surface area contributed by atoms with Gasteiger partial charge in [0, 0.05) is 39.1 Å². The molecular formula is C21H25NO7. The smallest absolute Gasteiger partial charge is 0.304 e. The van der Waals surface area contributed by atoms with Gasteiger partial charge in [-0.3, -0.25) is 14.5 Å². The first-order valence-corrected chi connectivity index (χ1v) is 10.0. The summed E-state index contributed by atoms with van der Waals surface area (Å²) in [4.78, 5) is 26.1. The van der Waals surface area contributed by atoms with E-state index in [0.717, 1.165) is 30.4 Å². The zero-order chi connectivity index (χ0) is 20.3. The molecule has 4 aliphatic rings. The number of nitrogens with zero attached hydrogens (tertiary/aromatic N) is 1. The van der Waals surface area contributed by atoms with E-state index in [1.54, 1.807) is 7.11 Å². The van der Waals surface area contributed by atoms with Crippen molar-refractivity contribution in [2.75, 3.05) is 20.4 Å². The van der Waals surface area contributed by atoms with E-state index in [9.17, 15) is 9.59 Å². The van der Waals surface area contributed by atoms with Crippen LogP contribution in [-0.4, -0.2) is 55.5 Å². The van der Waals surface area contributed by atoms with E-state index in [0.29, 0.717) is 18.0 Å². The van der Waals surface area contributed by atoms with Gasteiger partial charge in [-0.05, 0) is 37.0 Å². The third-order valence-electron chi connectivity index (χ3n) is 6.84. The molecule has 1 aliphatic carbocycles. The Morgan fingerprint density at radius 3 is 2.55 bits per heavy atom. The summed E-state index contributed by atoms with van der Waals surface area (Å²) in [5.41, 5.74) is 1.51. The van der Waals surface area contributed by atoms with Gasteiger partial charge in [0.25, 0.3) is 0 Å². The molecule has 0 N–H and O–H groups in total. The highest BCUT2D eigenvalue weighted by Gasteiger charge is 2.65. The van der Waals surface area contributed by atoms with Gasteiger partial charge in [0.1, 0.15) is 6.10 Å². The fourth-order valence-electron chi connectivity index (χ4n) is 5.77. The summed E-state index contributed by atoms with van der Waals surface area (Å²) in [6.45, 7) is 3.51. The molecule has 8 nitrogen and oxygen atoms in total. The standard InChI is InChI=1S/C21H25NO7/c1-11(23)28-19-9-22-18-6-13(25-3)4-5-21(18,19)15-8-17-16(26-10-27-17)7-14(15)20(22)29-12(2)24/h7-8,13,18-20H,4-6,9-10H2,1-3H3. The maximum Gasteiger partial charge on any atom is 0.304 e. The molecule has 6 atom stereocenters. The second-order valence-electron chi connectivity index (χ2n) is 8.24. The molecule has 0 spiro atoms. The Labute approximate surface area is 169 Å². The zero-order valence-corrected chi connectivity index (χ0v) is 16.8. The second kappa shape index (κ2) is 6.60. The molecule has 2 bridgehead atoms. The molecule has 5 rings (SSSR count). The number of methoxy groups -OCH3 is 1. The Balaban J connectivity index is 1.70. The first-order valence-electron chi connectivity index (χ1n) is 10.0. The topological polar surface area (TPSA) is 83.5 Å². The Bertz CT molecular complexity index is 871. The lowest BCUT2D eigenvalue weighted by Gasteiger charge is -2.51. The minimum absolute atomic E-state index is 0.0303. The van der Waals surface area contributed by atoms with E-state index in [-0.39, 0.29) is 37.0 Å². The van der Waals surface area contributed by atoms with E-state index in [1.807, 2.05) is 12.1 Å². The summed E-state index contributed by atoms with van der Waals surface area (Å²) in [7, 11) is 1.72. The van der Waals surface area contributed by atoms with Crippen LogP contribution in [0, 0.1) is 0 Å². The van der Waals surface area contributed by atoms with Gasteiger partial charge in [0.2, 0.25) is 6.79 Å². The van der Waals surface area contributed by atoms with Gasteiger partial charge in [-0.2, -0.15) is 0 Å². The van der Waals surface area contributed by atoms with E-state index < -0.39 is 11.6 Å². The zero-order valence-electron chi connectivity index (χ0n) is 16.8. The molecular weight excluding hydrogens is 378 g/mol. The highest BCUT2D eigenvalue weighted by atomic mass is 16.7. The molecule has 3 heterocycles. The summed E-state index contributed by atoms with van der Waals surface area (Å²) >= 11 is 0. The Morgan fingerprint density at radius 2 is 1.86 bits per heavy atom. The van der Waals surface area contributed by atoms with Crippen molar-refractivity contribution < 1.29 is 33.3 Å². The van der Waals surface area contributed by atoms with Crippen LogP contribution >= 0.6 is 0 Å². The average molecular weight is 403 g/mol. The van der Waals surface area contributed by atoms with Crippen LogP contribution in [0.3, 0.4) is 0 Å². The number of carbonyl (C=O) groups excluding carboxylic acids is 2. The van der Waals surface area contributed by atoms with Crippen LogP contribution in [-0.2, 0) is 29.2 Å². The van der Waals surface area contributed by atoms with Crippen molar-refractivity contribution in [1.82, 2.24) is 4.90 Å².